The number of hydrogen-bond donors (Lipinski definition) is 1. The number of rotatable bonds is 6. The van der Waals surface area contributed by atoms with Crippen LogP contribution in [0.3, 0.4) is 0 Å². The lowest BCUT2D eigenvalue weighted by Crippen LogP contribution is -2.38. The molecular formula is C21H24N2O4. The quantitative estimate of drug-likeness (QED) is 0.795. The van der Waals surface area contributed by atoms with E-state index < -0.39 is 0 Å². The summed E-state index contributed by atoms with van der Waals surface area (Å²) in [6.07, 6.45) is 0.685. The van der Waals surface area contributed by atoms with Crippen LogP contribution >= 0.6 is 0 Å². The zero-order valence-electron chi connectivity index (χ0n) is 15.7. The molecule has 1 aliphatic rings. The van der Waals surface area contributed by atoms with Gasteiger partial charge in [-0.3, -0.25) is 9.59 Å². The van der Waals surface area contributed by atoms with Gasteiger partial charge in [0.25, 0.3) is 0 Å². The highest BCUT2D eigenvalue weighted by molar-refractivity contribution is 5.96. The number of methoxy groups -OCH3 is 2. The Balaban J connectivity index is 1.52. The second-order valence-corrected chi connectivity index (χ2v) is 6.48. The van der Waals surface area contributed by atoms with Crippen molar-refractivity contribution in [2.45, 2.75) is 25.9 Å². The molecule has 3 rings (SSSR count). The second-order valence-electron chi connectivity index (χ2n) is 6.48. The van der Waals surface area contributed by atoms with Crippen molar-refractivity contribution in [2.75, 3.05) is 20.8 Å². The first-order valence-electron chi connectivity index (χ1n) is 8.93. The van der Waals surface area contributed by atoms with Crippen molar-refractivity contribution in [3.63, 3.8) is 0 Å². The van der Waals surface area contributed by atoms with Gasteiger partial charge in [0.15, 0.2) is 11.5 Å². The molecule has 0 aliphatic carbocycles. The molecule has 0 radical (unpaired) electrons. The number of ether oxygens (including phenoxy) is 2. The van der Waals surface area contributed by atoms with Gasteiger partial charge in [-0.2, -0.15) is 0 Å². The van der Waals surface area contributed by atoms with Crippen LogP contribution in [-0.4, -0.2) is 37.5 Å². The first-order valence-corrected chi connectivity index (χ1v) is 8.93. The van der Waals surface area contributed by atoms with Crippen LogP contribution in [0.5, 0.6) is 11.5 Å². The Kier molecular flexibility index (Phi) is 5.96. The lowest BCUT2D eigenvalue weighted by Gasteiger charge is -2.28. The minimum absolute atomic E-state index is 0.143. The summed E-state index contributed by atoms with van der Waals surface area (Å²) in [7, 11) is 3.14. The molecule has 2 amide bonds. The van der Waals surface area contributed by atoms with Crippen LogP contribution < -0.4 is 14.8 Å². The molecule has 1 aliphatic heterocycles. The van der Waals surface area contributed by atoms with Gasteiger partial charge in [-0.15, -0.1) is 0 Å². The molecule has 0 unspecified atom stereocenters. The van der Waals surface area contributed by atoms with Crippen molar-refractivity contribution in [3.8, 4) is 11.5 Å². The zero-order chi connectivity index (χ0) is 19.2. The molecule has 2 aromatic rings. The summed E-state index contributed by atoms with van der Waals surface area (Å²) in [5, 5.41) is 2.79. The number of hydrogen-bond acceptors (Lipinski definition) is 4. The predicted octanol–water partition coefficient (Wildman–Crippen LogP) is 2.29. The number of nitrogens with zero attached hydrogens (tertiary/aromatic N) is 1. The van der Waals surface area contributed by atoms with Gasteiger partial charge in [0.1, 0.15) is 6.42 Å². The lowest BCUT2D eigenvalue weighted by atomic mass is 10.00. The SMILES string of the molecule is COc1ccc(CNC(=O)CC(=O)N2CCc3ccccc3C2)cc1OC. The smallest absolute Gasteiger partial charge is 0.232 e. The molecule has 27 heavy (non-hydrogen) atoms. The Labute approximate surface area is 159 Å². The fraction of sp³-hybridized carbons (Fsp3) is 0.333. The van der Waals surface area contributed by atoms with Gasteiger partial charge in [-0.05, 0) is 35.2 Å². The summed E-state index contributed by atoms with van der Waals surface area (Å²) >= 11 is 0. The summed E-state index contributed by atoms with van der Waals surface area (Å²) in [4.78, 5) is 26.4. The molecule has 2 aromatic carbocycles. The largest absolute Gasteiger partial charge is 0.493 e. The molecule has 6 heteroatoms. The molecule has 1 N–H and O–H groups in total. The number of amides is 2. The Morgan fingerprint density at radius 1 is 1.04 bits per heavy atom. The van der Waals surface area contributed by atoms with E-state index >= 15 is 0 Å². The van der Waals surface area contributed by atoms with Crippen molar-refractivity contribution >= 4 is 11.8 Å². The predicted molar refractivity (Wildman–Crippen MR) is 102 cm³/mol. The van der Waals surface area contributed by atoms with E-state index in [1.165, 1.54) is 5.56 Å². The van der Waals surface area contributed by atoms with Gasteiger partial charge in [0.05, 0.1) is 14.2 Å². The Morgan fingerprint density at radius 3 is 2.52 bits per heavy atom. The van der Waals surface area contributed by atoms with Crippen molar-refractivity contribution in [1.29, 1.82) is 0 Å². The van der Waals surface area contributed by atoms with Crippen LogP contribution in [0.25, 0.3) is 0 Å². The van der Waals surface area contributed by atoms with Crippen molar-refractivity contribution in [1.82, 2.24) is 10.2 Å². The van der Waals surface area contributed by atoms with Crippen molar-refractivity contribution in [2.24, 2.45) is 0 Å². The third kappa shape index (κ3) is 4.58. The molecule has 0 spiro atoms. The van der Waals surface area contributed by atoms with Gasteiger partial charge in [0.2, 0.25) is 11.8 Å². The maximum absolute atomic E-state index is 12.4. The minimum Gasteiger partial charge on any atom is -0.493 e. The highest BCUT2D eigenvalue weighted by Crippen LogP contribution is 2.27. The summed E-state index contributed by atoms with van der Waals surface area (Å²) in [6.45, 7) is 1.55. The fourth-order valence-corrected chi connectivity index (χ4v) is 3.21. The maximum atomic E-state index is 12.4. The van der Waals surface area contributed by atoms with E-state index in [1.807, 2.05) is 30.3 Å². The maximum Gasteiger partial charge on any atom is 0.232 e. The van der Waals surface area contributed by atoms with Gasteiger partial charge in [0, 0.05) is 19.6 Å². The highest BCUT2D eigenvalue weighted by Gasteiger charge is 2.22. The number of carbonyl (C=O) groups excluding carboxylic acids is 2. The number of carbonyl (C=O) groups is 2. The average molecular weight is 368 g/mol. The molecule has 0 saturated heterocycles. The highest BCUT2D eigenvalue weighted by atomic mass is 16.5. The Hall–Kier alpha value is -3.02. The minimum atomic E-state index is -0.284. The molecule has 0 aromatic heterocycles. The molecule has 0 fully saturated rings. The Morgan fingerprint density at radius 2 is 1.78 bits per heavy atom. The lowest BCUT2D eigenvalue weighted by molar-refractivity contribution is -0.136. The van der Waals surface area contributed by atoms with E-state index in [4.69, 9.17) is 9.47 Å². The first-order chi connectivity index (χ1) is 13.1. The molecule has 1 heterocycles. The van der Waals surface area contributed by atoms with E-state index in [-0.39, 0.29) is 18.2 Å². The average Bonchev–Trinajstić information content (AvgIpc) is 2.71. The third-order valence-corrected chi connectivity index (χ3v) is 4.73. The summed E-state index contributed by atoms with van der Waals surface area (Å²) in [6, 6.07) is 13.6. The molecule has 0 atom stereocenters. The van der Waals surface area contributed by atoms with E-state index in [0.717, 1.165) is 17.5 Å². The normalized spacial score (nSPS) is 12.9. The van der Waals surface area contributed by atoms with Gasteiger partial charge in [-0.25, -0.2) is 0 Å². The Bertz CT molecular complexity index is 835. The van der Waals surface area contributed by atoms with Crippen molar-refractivity contribution in [3.05, 3.63) is 59.2 Å². The van der Waals surface area contributed by atoms with Gasteiger partial charge >= 0.3 is 0 Å². The fourth-order valence-electron chi connectivity index (χ4n) is 3.21. The monoisotopic (exact) mass is 368 g/mol. The molecular weight excluding hydrogens is 344 g/mol. The number of benzene rings is 2. The van der Waals surface area contributed by atoms with E-state index in [2.05, 4.69) is 11.4 Å². The summed E-state index contributed by atoms with van der Waals surface area (Å²) < 4.78 is 10.5. The van der Waals surface area contributed by atoms with E-state index in [1.54, 1.807) is 25.2 Å². The summed E-state index contributed by atoms with van der Waals surface area (Å²) in [5.74, 6) is 0.809. The molecule has 142 valence electrons. The molecule has 0 bridgehead atoms. The second kappa shape index (κ2) is 8.58. The van der Waals surface area contributed by atoms with Crippen LogP contribution in [0.1, 0.15) is 23.1 Å². The van der Waals surface area contributed by atoms with E-state index in [0.29, 0.717) is 31.1 Å². The summed E-state index contributed by atoms with van der Waals surface area (Å²) in [5.41, 5.74) is 3.31. The molecule has 0 saturated carbocycles. The zero-order valence-corrected chi connectivity index (χ0v) is 15.7. The van der Waals surface area contributed by atoms with Gasteiger partial charge < -0.3 is 19.7 Å². The molecule has 6 nitrogen and oxygen atoms in total. The third-order valence-electron chi connectivity index (χ3n) is 4.73. The topological polar surface area (TPSA) is 67.9 Å². The number of fused-ring (bicyclic) bond motifs is 1. The standard InChI is InChI=1S/C21H24N2O4/c1-26-18-8-7-15(11-19(18)27-2)13-22-20(24)12-21(25)23-10-9-16-5-3-4-6-17(16)14-23/h3-8,11H,9-10,12-14H2,1-2H3,(H,22,24). The number of nitrogens with one attached hydrogen (secondary N) is 1. The van der Waals surface area contributed by atoms with Crippen molar-refractivity contribution < 1.29 is 19.1 Å². The van der Waals surface area contributed by atoms with Crippen LogP contribution in [0.2, 0.25) is 0 Å². The van der Waals surface area contributed by atoms with Crippen LogP contribution in [0.15, 0.2) is 42.5 Å². The first kappa shape index (κ1) is 18.8. The van der Waals surface area contributed by atoms with Crippen LogP contribution in [0, 0.1) is 0 Å². The van der Waals surface area contributed by atoms with Gasteiger partial charge in [-0.1, -0.05) is 30.3 Å². The van der Waals surface area contributed by atoms with Crippen LogP contribution in [-0.2, 0) is 29.1 Å². The van der Waals surface area contributed by atoms with Crippen LogP contribution in [0.4, 0.5) is 0 Å². The van der Waals surface area contributed by atoms with E-state index in [9.17, 15) is 9.59 Å².